The van der Waals surface area contributed by atoms with Gasteiger partial charge in [-0.3, -0.25) is 14.4 Å². The number of cyclic esters (lactones) is 1. The van der Waals surface area contributed by atoms with Crippen LogP contribution in [0.15, 0.2) is 77.9 Å². The Labute approximate surface area is 542 Å². The fourth-order valence-electron chi connectivity index (χ4n) is 16.6. The topological polar surface area (TPSA) is 265 Å². The van der Waals surface area contributed by atoms with E-state index in [9.17, 15) is 24.7 Å². The van der Waals surface area contributed by atoms with Crippen LogP contribution in [0, 0.1) is 35.5 Å². The first-order chi connectivity index (χ1) is 45.8. The summed E-state index contributed by atoms with van der Waals surface area (Å²) in [6.07, 6.45) is 3.75. The largest absolute Gasteiger partial charge is 0.493 e. The molecule has 23 heteroatoms. The van der Waals surface area contributed by atoms with Crippen molar-refractivity contribution in [2.24, 2.45) is 40.6 Å². The molecule has 492 valence electrons. The number of ether oxygens (including phenoxy) is 16. The summed E-state index contributed by atoms with van der Waals surface area (Å²) in [5.41, 5.74) is 18.1. The summed E-state index contributed by atoms with van der Waals surface area (Å²) >= 11 is 0. The van der Waals surface area contributed by atoms with E-state index in [0.717, 1.165) is 68.7 Å². The molecule has 94 heavy (non-hydrogen) atoms. The van der Waals surface area contributed by atoms with Crippen molar-refractivity contribution < 1.29 is 95.0 Å². The number of carbonyl (C=O) groups is 4. The minimum Gasteiger partial charge on any atom is -0.493 e. The summed E-state index contributed by atoms with van der Waals surface area (Å²) in [6.45, 7) is 2.93. The second kappa shape index (κ2) is 25.9. The van der Waals surface area contributed by atoms with Gasteiger partial charge in [-0.05, 0) is 159 Å². The van der Waals surface area contributed by atoms with Crippen LogP contribution >= 0.6 is 0 Å². The highest BCUT2D eigenvalue weighted by molar-refractivity contribution is 5.87. The van der Waals surface area contributed by atoms with E-state index in [1.807, 2.05) is 60.7 Å². The van der Waals surface area contributed by atoms with E-state index >= 15 is 0 Å². The van der Waals surface area contributed by atoms with E-state index in [-0.39, 0.29) is 98.4 Å². The van der Waals surface area contributed by atoms with Crippen molar-refractivity contribution in [3.63, 3.8) is 0 Å². The monoisotopic (exact) mass is 1290 g/mol. The van der Waals surface area contributed by atoms with Crippen LogP contribution in [0.3, 0.4) is 0 Å². The molecule has 0 amide bonds. The Bertz CT molecular complexity index is 3980. The van der Waals surface area contributed by atoms with Gasteiger partial charge in [0.05, 0.1) is 82.6 Å². The lowest BCUT2D eigenvalue weighted by molar-refractivity contribution is -0.142. The van der Waals surface area contributed by atoms with Gasteiger partial charge >= 0.3 is 5.97 Å². The number of fused-ring (bicyclic) bond motifs is 9. The Kier molecular flexibility index (Phi) is 17.3. The standard InChI is InChI=1S/C24H24O8.C24H26O6.C23H23N3O6/c1-27-19-6-12(7-20(28-2)23(19)29-3)21-15-9-18-17(31-11-32-18)8-14(15)13(4-5-25)22-16(21)10-30-24(22)26;1-12-15-9-18-19(30-11-29-18)10-16(15)23(14-5-6-17(25)22(12)14)13-7-20(26-2)24(28-4)21(8-13)27-3;1-28-18-6-11(7-19(29-2)23(18)30-3)20-12-4-5-15(27)21(12)22(25-26-24)14-9-17-16(8-13(14)20)31-10-32-17/h5-9,13,16,21-22H,4,10-11H2,1-3H3;7-10,12,14,22-23H,5-6,11H2,1-4H3;6-9,12,20-22H,4-5,10H2,1-3H3. The Balaban J connectivity index is 0.000000128. The molecule has 0 radical (unpaired) electrons. The van der Waals surface area contributed by atoms with Crippen LogP contribution in [0.5, 0.6) is 86.2 Å². The van der Waals surface area contributed by atoms with Crippen molar-refractivity contribution in [2.75, 3.05) is 91.0 Å². The minimum absolute atomic E-state index is 0.00182. The molecule has 4 aliphatic heterocycles. The van der Waals surface area contributed by atoms with Crippen LogP contribution in [0.4, 0.5) is 0 Å². The molecule has 4 heterocycles. The van der Waals surface area contributed by atoms with Crippen LogP contribution in [-0.2, 0) is 23.9 Å². The van der Waals surface area contributed by atoms with Crippen molar-refractivity contribution in [1.82, 2.24) is 0 Å². The zero-order valence-corrected chi connectivity index (χ0v) is 53.8. The first-order valence-corrected chi connectivity index (χ1v) is 31.2. The Morgan fingerprint density at radius 2 is 0.798 bits per heavy atom. The molecule has 0 aromatic heterocycles. The quantitative estimate of drug-likeness (QED) is 0.0304. The number of aldehydes is 1. The molecule has 3 fully saturated rings. The smallest absolute Gasteiger partial charge is 0.310 e. The van der Waals surface area contributed by atoms with E-state index in [4.69, 9.17) is 75.8 Å². The van der Waals surface area contributed by atoms with Gasteiger partial charge in [-0.2, -0.15) is 0 Å². The van der Waals surface area contributed by atoms with Crippen molar-refractivity contribution in [3.05, 3.63) is 133 Å². The van der Waals surface area contributed by atoms with E-state index in [1.54, 1.807) is 64.0 Å². The number of rotatable bonds is 15. The molecule has 2 saturated carbocycles. The molecule has 5 aliphatic carbocycles. The molecule has 12 unspecified atom stereocenters. The summed E-state index contributed by atoms with van der Waals surface area (Å²) in [7, 11) is 14.3. The van der Waals surface area contributed by atoms with E-state index < -0.39 is 17.9 Å². The lowest BCUT2D eigenvalue weighted by Gasteiger charge is -2.40. The maximum atomic E-state index is 13.0. The molecule has 6 aromatic carbocycles. The number of azide groups is 1. The van der Waals surface area contributed by atoms with E-state index in [0.29, 0.717) is 99.8 Å². The Morgan fingerprint density at radius 3 is 1.19 bits per heavy atom. The first-order valence-electron chi connectivity index (χ1n) is 31.2. The second-order valence-corrected chi connectivity index (χ2v) is 24.5. The first kappa shape index (κ1) is 62.9. The maximum Gasteiger partial charge on any atom is 0.310 e. The molecule has 6 aromatic rings. The predicted octanol–water partition coefficient (Wildman–Crippen LogP) is 11.9. The van der Waals surface area contributed by atoms with Gasteiger partial charge in [-0.25, -0.2) is 0 Å². The van der Waals surface area contributed by atoms with Gasteiger partial charge in [-0.15, -0.1) is 0 Å². The summed E-state index contributed by atoms with van der Waals surface area (Å²) in [5.74, 6) is 7.94. The molecule has 1 saturated heterocycles. The SMILES string of the molecule is COc1cc(C2c3cc4c(cc3C(C)C3C(=O)CCC23)OCO4)cc(OC)c1OC.COc1cc(C2c3cc4c(cc3C(CC=O)C3C(=O)OCC23)OCO4)cc(OC)c1OC.COc1cc(C2c3cc4c(cc3C(N=[N+]=[N-])C3C(=O)CCC23)OCO4)cc(OC)c1OC. The summed E-state index contributed by atoms with van der Waals surface area (Å²) in [4.78, 5) is 53.2. The van der Waals surface area contributed by atoms with Gasteiger partial charge in [0.15, 0.2) is 69.0 Å². The third-order valence-corrected chi connectivity index (χ3v) is 20.5. The molecule has 0 N–H and O–H groups in total. The van der Waals surface area contributed by atoms with Gasteiger partial charge in [0.2, 0.25) is 37.6 Å². The predicted molar refractivity (Wildman–Crippen MR) is 336 cm³/mol. The van der Waals surface area contributed by atoms with Crippen LogP contribution in [0.25, 0.3) is 10.4 Å². The van der Waals surface area contributed by atoms with Gasteiger partial charge < -0.3 is 80.6 Å². The average Bonchev–Trinajstić information content (AvgIpc) is 1.67. The molecule has 9 aliphatic rings. The van der Waals surface area contributed by atoms with Gasteiger partial charge in [0.1, 0.15) is 17.9 Å². The minimum atomic E-state index is -0.581. The lowest BCUT2D eigenvalue weighted by Crippen LogP contribution is -2.35. The van der Waals surface area contributed by atoms with E-state index in [1.165, 1.54) is 5.56 Å². The van der Waals surface area contributed by atoms with Crippen LogP contribution < -0.4 is 71.1 Å². The Morgan fingerprint density at radius 1 is 0.447 bits per heavy atom. The number of methoxy groups -OCH3 is 9. The van der Waals surface area contributed by atoms with Crippen molar-refractivity contribution in [3.8, 4) is 86.2 Å². The number of hydrogen-bond donors (Lipinski definition) is 0. The zero-order valence-electron chi connectivity index (χ0n) is 53.8. The summed E-state index contributed by atoms with van der Waals surface area (Å²) < 4.78 is 89.3. The number of carbonyl (C=O) groups excluding carboxylic acids is 4. The highest BCUT2D eigenvalue weighted by Gasteiger charge is 2.54. The average molecular weight is 1290 g/mol. The third-order valence-electron chi connectivity index (χ3n) is 20.5. The molecular weight excluding hydrogens is 1210 g/mol. The fourth-order valence-corrected chi connectivity index (χ4v) is 16.6. The van der Waals surface area contributed by atoms with Gasteiger partial charge in [0.25, 0.3) is 0 Å². The third kappa shape index (κ3) is 10.5. The summed E-state index contributed by atoms with van der Waals surface area (Å²) in [6, 6.07) is 22.9. The van der Waals surface area contributed by atoms with Crippen molar-refractivity contribution in [1.29, 1.82) is 0 Å². The zero-order chi connectivity index (χ0) is 65.8. The molecule has 0 spiro atoms. The van der Waals surface area contributed by atoms with Gasteiger partial charge in [-0.1, -0.05) is 12.0 Å². The lowest BCUT2D eigenvalue weighted by atomic mass is 9.62. The van der Waals surface area contributed by atoms with Crippen LogP contribution in [-0.4, -0.2) is 115 Å². The fraction of sp³-hybridized carbons (Fsp3) is 0.437. The normalized spacial score (nSPS) is 25.3. The highest BCUT2D eigenvalue weighted by Crippen LogP contribution is 2.62. The molecular formula is C71H73N3O20. The number of esters is 1. The van der Waals surface area contributed by atoms with E-state index in [2.05, 4.69) is 29.1 Å². The van der Waals surface area contributed by atoms with Crippen LogP contribution in [0.1, 0.15) is 125 Å². The van der Waals surface area contributed by atoms with Crippen molar-refractivity contribution >= 4 is 23.8 Å². The highest BCUT2D eigenvalue weighted by atomic mass is 16.7. The number of benzene rings is 6. The second-order valence-electron chi connectivity index (χ2n) is 24.5. The maximum absolute atomic E-state index is 13.0. The molecule has 12 atom stereocenters. The Hall–Kier alpha value is -9.89. The number of nitrogens with zero attached hydrogens (tertiary/aromatic N) is 3. The molecule has 0 bridgehead atoms. The molecule has 23 nitrogen and oxygen atoms in total. The molecule has 15 rings (SSSR count). The summed E-state index contributed by atoms with van der Waals surface area (Å²) in [5, 5.41) is 4.06. The van der Waals surface area contributed by atoms with Gasteiger partial charge in [0, 0.05) is 65.6 Å². The number of ketones is 2. The number of hydrogen-bond acceptors (Lipinski definition) is 21. The van der Waals surface area contributed by atoms with Crippen molar-refractivity contribution in [2.45, 2.75) is 74.7 Å². The number of Topliss-reactive ketones (excluding diaryl/α,β-unsaturated/α-hetero) is 2. The van der Waals surface area contributed by atoms with Crippen LogP contribution in [0.2, 0.25) is 0 Å².